The number of rotatable bonds is 15. The van der Waals surface area contributed by atoms with Crippen molar-refractivity contribution in [1.29, 1.82) is 0 Å². The first-order valence-corrected chi connectivity index (χ1v) is 11.2. The Bertz CT molecular complexity index is 646. The monoisotopic (exact) mass is 439 g/mol. The summed E-state index contributed by atoms with van der Waals surface area (Å²) in [6.07, 6.45) is 8.30. The third-order valence-electron chi connectivity index (χ3n) is 5.15. The van der Waals surface area contributed by atoms with Gasteiger partial charge in [-0.2, -0.15) is 0 Å². The molecule has 0 saturated carbocycles. The fourth-order valence-electron chi connectivity index (χ4n) is 3.42. The molecule has 1 fully saturated rings. The van der Waals surface area contributed by atoms with E-state index in [1.807, 2.05) is 15.8 Å². The van der Waals surface area contributed by atoms with Crippen molar-refractivity contribution in [2.75, 3.05) is 46.6 Å². The molecule has 0 atom stereocenters. The molecule has 0 aliphatic carbocycles. The second-order valence-corrected chi connectivity index (χ2v) is 7.76. The van der Waals surface area contributed by atoms with E-state index in [1.54, 1.807) is 0 Å². The van der Waals surface area contributed by atoms with Crippen molar-refractivity contribution < 1.29 is 23.8 Å². The number of unbranched alkanes of at least 4 members (excludes halogenated alkanes) is 3. The lowest BCUT2D eigenvalue weighted by atomic mass is 10.1. The van der Waals surface area contributed by atoms with Crippen LogP contribution < -0.4 is 5.32 Å². The SMILES string of the molecule is CCCCCCn1cc(COCC(=O)N2CCC(OCCNC(=O)COC)CC2)nn1. The zero-order chi connectivity index (χ0) is 22.3. The highest BCUT2D eigenvalue weighted by atomic mass is 16.5. The maximum Gasteiger partial charge on any atom is 0.248 e. The molecule has 1 aromatic heterocycles. The van der Waals surface area contributed by atoms with E-state index in [2.05, 4.69) is 22.6 Å². The van der Waals surface area contributed by atoms with E-state index in [0.29, 0.717) is 26.2 Å². The molecule has 1 aromatic rings. The normalized spacial score (nSPS) is 14.7. The van der Waals surface area contributed by atoms with Gasteiger partial charge in [-0.15, -0.1) is 5.10 Å². The number of hydrogen-bond acceptors (Lipinski definition) is 7. The minimum atomic E-state index is -0.152. The lowest BCUT2D eigenvalue weighted by Gasteiger charge is -2.32. The predicted molar refractivity (Wildman–Crippen MR) is 114 cm³/mol. The number of nitrogens with zero attached hydrogens (tertiary/aromatic N) is 4. The first-order chi connectivity index (χ1) is 15.1. The van der Waals surface area contributed by atoms with Crippen molar-refractivity contribution >= 4 is 11.8 Å². The van der Waals surface area contributed by atoms with E-state index < -0.39 is 0 Å². The highest BCUT2D eigenvalue weighted by molar-refractivity contribution is 5.77. The number of piperidine rings is 1. The van der Waals surface area contributed by atoms with Gasteiger partial charge in [-0.3, -0.25) is 14.3 Å². The molecule has 2 amide bonds. The summed E-state index contributed by atoms with van der Waals surface area (Å²) >= 11 is 0. The maximum atomic E-state index is 12.4. The molecular weight excluding hydrogens is 402 g/mol. The number of nitrogens with one attached hydrogen (secondary N) is 1. The first-order valence-electron chi connectivity index (χ1n) is 11.2. The van der Waals surface area contributed by atoms with E-state index in [0.717, 1.165) is 31.5 Å². The van der Waals surface area contributed by atoms with Crippen LogP contribution in [-0.2, 0) is 37.0 Å². The Balaban J connectivity index is 1.54. The summed E-state index contributed by atoms with van der Waals surface area (Å²) in [7, 11) is 1.48. The van der Waals surface area contributed by atoms with Gasteiger partial charge in [0.25, 0.3) is 0 Å². The van der Waals surface area contributed by atoms with Crippen LogP contribution >= 0.6 is 0 Å². The molecule has 0 bridgehead atoms. The fourth-order valence-corrected chi connectivity index (χ4v) is 3.42. The highest BCUT2D eigenvalue weighted by Crippen LogP contribution is 2.14. The molecule has 176 valence electrons. The number of methoxy groups -OCH3 is 1. The molecular formula is C21H37N5O5. The average molecular weight is 440 g/mol. The second-order valence-electron chi connectivity index (χ2n) is 7.76. The van der Waals surface area contributed by atoms with Crippen LogP contribution in [0.25, 0.3) is 0 Å². The molecule has 1 aliphatic heterocycles. The van der Waals surface area contributed by atoms with Crippen molar-refractivity contribution in [3.8, 4) is 0 Å². The minimum absolute atomic E-state index is 0.0164. The van der Waals surface area contributed by atoms with Crippen molar-refractivity contribution in [3.05, 3.63) is 11.9 Å². The second kappa shape index (κ2) is 14.9. The zero-order valence-corrected chi connectivity index (χ0v) is 18.9. The topological polar surface area (TPSA) is 108 Å². The van der Waals surface area contributed by atoms with Gasteiger partial charge in [0, 0.05) is 33.3 Å². The quantitative estimate of drug-likeness (QED) is 0.408. The molecule has 2 heterocycles. The number of carbonyl (C=O) groups excluding carboxylic acids is 2. The highest BCUT2D eigenvalue weighted by Gasteiger charge is 2.23. The summed E-state index contributed by atoms with van der Waals surface area (Å²) in [6, 6.07) is 0. The van der Waals surface area contributed by atoms with Crippen LogP contribution in [0, 0.1) is 0 Å². The van der Waals surface area contributed by atoms with Crippen molar-refractivity contribution in [2.45, 2.75) is 64.7 Å². The van der Waals surface area contributed by atoms with Gasteiger partial charge in [0.05, 0.1) is 25.5 Å². The molecule has 0 unspecified atom stereocenters. The van der Waals surface area contributed by atoms with Gasteiger partial charge in [0.2, 0.25) is 11.8 Å². The van der Waals surface area contributed by atoms with Gasteiger partial charge in [-0.1, -0.05) is 31.4 Å². The Kier molecular flexibility index (Phi) is 12.1. The Hall–Kier alpha value is -2.04. The molecule has 1 N–H and O–H groups in total. The summed E-state index contributed by atoms with van der Waals surface area (Å²) in [4.78, 5) is 25.5. The zero-order valence-electron chi connectivity index (χ0n) is 18.9. The van der Waals surface area contributed by atoms with Gasteiger partial charge >= 0.3 is 0 Å². The Morgan fingerprint density at radius 2 is 2.00 bits per heavy atom. The summed E-state index contributed by atoms with van der Waals surface area (Å²) in [5.74, 6) is -0.168. The standard InChI is InChI=1S/C21H37N5O5/c1-3-4-5-6-10-26-14-18(23-24-26)15-30-17-21(28)25-11-7-19(8-12-25)31-13-9-22-20(27)16-29-2/h14,19H,3-13,15-17H2,1-2H3,(H,22,27). The molecule has 0 radical (unpaired) electrons. The molecule has 1 saturated heterocycles. The predicted octanol–water partition coefficient (Wildman–Crippen LogP) is 1.15. The number of ether oxygens (including phenoxy) is 3. The summed E-state index contributed by atoms with van der Waals surface area (Å²) in [5, 5.41) is 10.9. The van der Waals surface area contributed by atoms with Crippen LogP contribution in [0.15, 0.2) is 6.20 Å². The van der Waals surface area contributed by atoms with E-state index in [1.165, 1.54) is 26.4 Å². The van der Waals surface area contributed by atoms with E-state index in [4.69, 9.17) is 14.2 Å². The lowest BCUT2D eigenvalue weighted by Crippen LogP contribution is -2.43. The minimum Gasteiger partial charge on any atom is -0.376 e. The van der Waals surface area contributed by atoms with Gasteiger partial charge < -0.3 is 24.4 Å². The van der Waals surface area contributed by atoms with Crippen LogP contribution in [0.2, 0.25) is 0 Å². The van der Waals surface area contributed by atoms with Gasteiger partial charge in [-0.05, 0) is 19.3 Å². The van der Waals surface area contributed by atoms with Gasteiger partial charge in [0.1, 0.15) is 18.9 Å². The van der Waals surface area contributed by atoms with Crippen molar-refractivity contribution in [3.63, 3.8) is 0 Å². The van der Waals surface area contributed by atoms with E-state index in [9.17, 15) is 9.59 Å². The summed E-state index contributed by atoms with van der Waals surface area (Å²) in [6.45, 7) is 5.65. The molecule has 10 nitrogen and oxygen atoms in total. The summed E-state index contributed by atoms with van der Waals surface area (Å²) < 4.78 is 17.9. The maximum absolute atomic E-state index is 12.4. The number of hydrogen-bond donors (Lipinski definition) is 1. The number of carbonyl (C=O) groups is 2. The molecule has 10 heteroatoms. The third-order valence-corrected chi connectivity index (χ3v) is 5.15. The van der Waals surface area contributed by atoms with Crippen LogP contribution in [0.4, 0.5) is 0 Å². The van der Waals surface area contributed by atoms with E-state index in [-0.39, 0.29) is 37.7 Å². The molecule has 2 rings (SSSR count). The van der Waals surface area contributed by atoms with Gasteiger partial charge in [0.15, 0.2) is 0 Å². The Morgan fingerprint density at radius 1 is 1.19 bits per heavy atom. The Morgan fingerprint density at radius 3 is 2.74 bits per heavy atom. The van der Waals surface area contributed by atoms with Crippen LogP contribution in [0.3, 0.4) is 0 Å². The smallest absolute Gasteiger partial charge is 0.248 e. The largest absolute Gasteiger partial charge is 0.376 e. The first kappa shape index (κ1) is 25.2. The summed E-state index contributed by atoms with van der Waals surface area (Å²) in [5.41, 5.74) is 0.744. The number of likely N-dealkylation sites (tertiary alicyclic amines) is 1. The molecule has 1 aliphatic rings. The lowest BCUT2D eigenvalue weighted by molar-refractivity contribution is -0.139. The number of aromatic nitrogens is 3. The van der Waals surface area contributed by atoms with E-state index >= 15 is 0 Å². The van der Waals surface area contributed by atoms with Crippen LogP contribution in [-0.4, -0.2) is 84.4 Å². The van der Waals surface area contributed by atoms with Crippen LogP contribution in [0.5, 0.6) is 0 Å². The third kappa shape index (κ3) is 10.2. The Labute approximate surface area is 184 Å². The number of amides is 2. The average Bonchev–Trinajstić information content (AvgIpc) is 3.22. The van der Waals surface area contributed by atoms with Crippen molar-refractivity contribution in [1.82, 2.24) is 25.2 Å². The molecule has 0 spiro atoms. The fraction of sp³-hybridized carbons (Fsp3) is 0.810. The van der Waals surface area contributed by atoms with Gasteiger partial charge in [-0.25, -0.2) is 0 Å². The molecule has 0 aromatic carbocycles. The van der Waals surface area contributed by atoms with Crippen LogP contribution in [0.1, 0.15) is 51.1 Å². The number of aryl methyl sites for hydroxylation is 1. The van der Waals surface area contributed by atoms with Crippen molar-refractivity contribution in [2.24, 2.45) is 0 Å². The molecule has 31 heavy (non-hydrogen) atoms.